The number of amides is 3. The van der Waals surface area contributed by atoms with Crippen molar-refractivity contribution >= 4 is 73.0 Å². The quantitative estimate of drug-likeness (QED) is 0.104. The van der Waals surface area contributed by atoms with Crippen LogP contribution in [-0.2, 0) is 63.0 Å². The van der Waals surface area contributed by atoms with Gasteiger partial charge in [-0.25, -0.2) is 49.8 Å². The molecule has 15 rings (SSSR count). The Labute approximate surface area is 534 Å². The third kappa shape index (κ3) is 11.1. The van der Waals surface area contributed by atoms with Crippen LogP contribution in [0.2, 0.25) is 0 Å². The minimum atomic E-state index is -0.688. The molecule has 3 atom stereocenters. The predicted molar refractivity (Wildman–Crippen MR) is 357 cm³/mol. The van der Waals surface area contributed by atoms with Gasteiger partial charge in [0.05, 0.1) is 27.4 Å². The van der Waals surface area contributed by atoms with E-state index in [2.05, 4.69) is 134 Å². The third-order valence-corrected chi connectivity index (χ3v) is 18.1. The van der Waals surface area contributed by atoms with Crippen LogP contribution in [0.15, 0.2) is 188 Å². The van der Waals surface area contributed by atoms with Gasteiger partial charge in [-0.2, -0.15) is 0 Å². The summed E-state index contributed by atoms with van der Waals surface area (Å²) in [7, 11) is 0. The summed E-state index contributed by atoms with van der Waals surface area (Å²) in [5.41, 5.74) is 14.9. The fourth-order valence-electron chi connectivity index (χ4n) is 12.6. The molecule has 6 aromatic carbocycles. The van der Waals surface area contributed by atoms with Gasteiger partial charge in [0, 0.05) is 70.5 Å². The van der Waals surface area contributed by atoms with Gasteiger partial charge in [0.2, 0.25) is 17.7 Å². The molecule has 0 bridgehead atoms. The van der Waals surface area contributed by atoms with Crippen LogP contribution in [0, 0.1) is 13.8 Å². The first-order valence-corrected chi connectivity index (χ1v) is 31.0. The molecule has 0 radical (unpaired) electrons. The van der Waals surface area contributed by atoms with E-state index in [0.29, 0.717) is 55.0 Å². The number of carbonyl (C=O) groups excluding carboxylic acids is 3. The number of halogens is 1. The van der Waals surface area contributed by atoms with Crippen LogP contribution in [-0.4, -0.2) is 76.7 Å². The van der Waals surface area contributed by atoms with Gasteiger partial charge in [-0.1, -0.05) is 119 Å². The maximum atomic E-state index is 13.1. The highest BCUT2D eigenvalue weighted by molar-refractivity contribution is 9.10. The lowest BCUT2D eigenvalue weighted by atomic mass is 9.78. The number of nitrogens with one attached hydrogen (secondary N) is 3. The minimum Gasteiger partial charge on any atom is -0.325 e. The van der Waals surface area contributed by atoms with Crippen molar-refractivity contribution in [3.05, 3.63) is 233 Å². The van der Waals surface area contributed by atoms with Gasteiger partial charge in [0.1, 0.15) is 58.4 Å². The van der Waals surface area contributed by atoms with Crippen LogP contribution in [0.1, 0.15) is 79.6 Å². The van der Waals surface area contributed by atoms with Gasteiger partial charge in [-0.15, -0.1) is 0 Å². The SMILES string of the molecule is CC1(Cc2ccccc2)C(=O)Nc2ccc(Br)cc21.CCn1c(-c2cnc(C)nc2)nc2c(-c3ccc4c(c3)C(C)(Cc3ccccc3)C(=O)N4)ncnc21.CCn1c(-c2cnc(C)nc2)nc2c(-c3ccc4c(c3)C(C)(Cc3ccccc3)C(=O)N4)ncnc21. The standard InChI is InChI=1S/2C28H25N7O.C16H14BrNO/c2*1-4-35-25(20-14-29-17(2)30-15-20)34-24-23(31-16-32-26(24)35)19-10-11-22-21(12-19)28(3,27(36)33-22)13-18-8-6-5-7-9-18;1-16(10-11-5-3-2-4-6-11)13-9-12(17)7-8-14(13)18-15(16)19/h2*5-12,14-16H,4,13H2,1-3H3,(H,33,36);2-9H,10H2,1H3,(H,18,19). The maximum absolute atomic E-state index is 13.1. The fraction of sp³-hybridized carbons (Fsp3) is 0.208. The van der Waals surface area contributed by atoms with Crippen LogP contribution in [0.5, 0.6) is 0 Å². The first-order valence-electron chi connectivity index (χ1n) is 30.2. The maximum Gasteiger partial charge on any atom is 0.235 e. The van der Waals surface area contributed by atoms with Crippen molar-refractivity contribution in [3.8, 4) is 45.3 Å². The average molecular weight is 1270 g/mol. The molecule has 3 N–H and O–H groups in total. The van der Waals surface area contributed by atoms with Crippen LogP contribution in [0.25, 0.3) is 67.6 Å². The number of aromatic nitrogens is 12. The van der Waals surface area contributed by atoms with Crippen molar-refractivity contribution in [2.45, 2.75) is 97.1 Å². The molecule has 19 heteroatoms. The molecule has 9 heterocycles. The summed E-state index contributed by atoms with van der Waals surface area (Å²) in [6, 6.07) is 48.3. The molecule has 3 unspecified atom stereocenters. The lowest BCUT2D eigenvalue weighted by Crippen LogP contribution is -2.33. The van der Waals surface area contributed by atoms with Gasteiger partial charge in [0.25, 0.3) is 0 Å². The Morgan fingerprint density at radius 3 is 1.11 bits per heavy atom. The Bertz CT molecular complexity index is 4530. The van der Waals surface area contributed by atoms with Gasteiger partial charge >= 0.3 is 0 Å². The summed E-state index contributed by atoms with van der Waals surface area (Å²) in [6.45, 7) is 15.2. The predicted octanol–water partition coefficient (Wildman–Crippen LogP) is 13.4. The molecular formula is C72H64BrN15O3. The van der Waals surface area contributed by atoms with E-state index in [9.17, 15) is 14.4 Å². The normalized spacial score (nSPS) is 17.7. The highest BCUT2D eigenvalue weighted by Gasteiger charge is 2.45. The molecule has 3 amide bonds. The second kappa shape index (κ2) is 24.1. The van der Waals surface area contributed by atoms with E-state index in [1.807, 2.05) is 141 Å². The monoisotopic (exact) mass is 1270 g/mol. The second-order valence-electron chi connectivity index (χ2n) is 23.7. The largest absolute Gasteiger partial charge is 0.325 e. The Balaban J connectivity index is 0.000000131. The van der Waals surface area contributed by atoms with Crippen molar-refractivity contribution in [2.24, 2.45) is 0 Å². The highest BCUT2D eigenvalue weighted by atomic mass is 79.9. The molecule has 0 spiro atoms. The number of fused-ring (bicyclic) bond motifs is 5. The first kappa shape index (κ1) is 59.4. The summed E-state index contributed by atoms with van der Waals surface area (Å²) in [5.74, 6) is 3.00. The second-order valence-corrected chi connectivity index (χ2v) is 24.7. The molecule has 0 saturated carbocycles. The number of aryl methyl sites for hydroxylation is 4. The average Bonchev–Trinajstić information content (AvgIpc) is 1.66. The van der Waals surface area contributed by atoms with E-state index in [0.717, 1.165) is 106 Å². The van der Waals surface area contributed by atoms with E-state index < -0.39 is 16.2 Å². The number of nitrogens with zero attached hydrogens (tertiary/aromatic N) is 12. The lowest BCUT2D eigenvalue weighted by molar-refractivity contribution is -0.121. The van der Waals surface area contributed by atoms with Gasteiger partial charge in [0.15, 0.2) is 11.3 Å². The Morgan fingerprint density at radius 2 is 0.758 bits per heavy atom. The zero-order chi connectivity index (χ0) is 63.2. The number of imidazole rings is 2. The molecule has 91 heavy (non-hydrogen) atoms. The van der Waals surface area contributed by atoms with Crippen molar-refractivity contribution in [1.29, 1.82) is 0 Å². The van der Waals surface area contributed by atoms with Crippen LogP contribution >= 0.6 is 15.9 Å². The first-order chi connectivity index (χ1) is 44.0. The Kier molecular flexibility index (Phi) is 15.7. The zero-order valence-electron chi connectivity index (χ0n) is 51.3. The van der Waals surface area contributed by atoms with Gasteiger partial charge in [-0.05, 0) is 144 Å². The number of benzene rings is 6. The summed E-state index contributed by atoms with van der Waals surface area (Å²) in [5, 5.41) is 9.11. The number of rotatable bonds is 12. The zero-order valence-corrected chi connectivity index (χ0v) is 52.9. The molecule has 12 aromatic rings. The number of anilines is 3. The topological polar surface area (TPSA) is 226 Å². The van der Waals surface area contributed by atoms with E-state index in [-0.39, 0.29) is 17.7 Å². The molecule has 0 saturated heterocycles. The number of hydrogen-bond donors (Lipinski definition) is 3. The number of hydrogen-bond acceptors (Lipinski definition) is 13. The van der Waals surface area contributed by atoms with E-state index in [1.54, 1.807) is 37.4 Å². The molecular weight excluding hydrogens is 1200 g/mol. The summed E-state index contributed by atoms with van der Waals surface area (Å²) >= 11 is 3.48. The summed E-state index contributed by atoms with van der Waals surface area (Å²) in [6.07, 6.45) is 12.2. The van der Waals surface area contributed by atoms with Gasteiger partial charge in [-0.3, -0.25) is 14.4 Å². The summed E-state index contributed by atoms with van der Waals surface area (Å²) < 4.78 is 5.10. The minimum absolute atomic E-state index is 0.00301. The molecule has 6 aromatic heterocycles. The van der Waals surface area contributed by atoms with Gasteiger partial charge < -0.3 is 25.1 Å². The molecule has 3 aliphatic rings. The van der Waals surface area contributed by atoms with Crippen molar-refractivity contribution in [2.75, 3.05) is 16.0 Å². The van der Waals surface area contributed by atoms with E-state index in [4.69, 9.17) is 9.97 Å². The Morgan fingerprint density at radius 1 is 0.418 bits per heavy atom. The van der Waals surface area contributed by atoms with E-state index >= 15 is 0 Å². The molecule has 0 fully saturated rings. The van der Waals surface area contributed by atoms with E-state index in [1.165, 1.54) is 5.56 Å². The van der Waals surface area contributed by atoms with Crippen molar-refractivity contribution in [3.63, 3.8) is 0 Å². The van der Waals surface area contributed by atoms with Crippen molar-refractivity contribution < 1.29 is 14.4 Å². The fourth-order valence-corrected chi connectivity index (χ4v) is 13.0. The molecule has 0 aliphatic carbocycles. The third-order valence-electron chi connectivity index (χ3n) is 17.6. The lowest BCUT2D eigenvalue weighted by Gasteiger charge is -2.23. The molecule has 3 aliphatic heterocycles. The smallest absolute Gasteiger partial charge is 0.235 e. The Hall–Kier alpha value is -10.5. The highest BCUT2D eigenvalue weighted by Crippen LogP contribution is 2.46. The van der Waals surface area contributed by atoms with Crippen LogP contribution in [0.4, 0.5) is 17.1 Å². The van der Waals surface area contributed by atoms with Crippen molar-refractivity contribution in [1.82, 2.24) is 59.0 Å². The van der Waals surface area contributed by atoms with Crippen LogP contribution < -0.4 is 16.0 Å². The van der Waals surface area contributed by atoms with Crippen LogP contribution in [0.3, 0.4) is 0 Å². The molecule has 18 nitrogen and oxygen atoms in total. The molecule has 452 valence electrons. The summed E-state index contributed by atoms with van der Waals surface area (Å²) in [4.78, 5) is 84.2. The number of carbonyl (C=O) groups is 3.